The van der Waals surface area contributed by atoms with Crippen molar-refractivity contribution in [2.75, 3.05) is 37.4 Å². The predicted octanol–water partition coefficient (Wildman–Crippen LogP) is 4.48. The van der Waals surface area contributed by atoms with Gasteiger partial charge in [0.25, 0.3) is 0 Å². The molecule has 156 valence electrons. The van der Waals surface area contributed by atoms with Crippen LogP contribution >= 0.6 is 0 Å². The highest BCUT2D eigenvalue weighted by Crippen LogP contribution is 2.34. The second kappa shape index (κ2) is 8.07. The van der Waals surface area contributed by atoms with Crippen molar-refractivity contribution in [3.8, 4) is 11.3 Å². The Hall–Kier alpha value is -2.92. The maximum atomic E-state index is 12.1. The number of fused-ring (bicyclic) bond motifs is 2. The first-order chi connectivity index (χ1) is 14.3. The van der Waals surface area contributed by atoms with Crippen molar-refractivity contribution in [1.29, 1.82) is 0 Å². The molecule has 5 heteroatoms. The highest BCUT2D eigenvalue weighted by Gasteiger charge is 2.21. The Kier molecular flexibility index (Phi) is 5.48. The lowest BCUT2D eigenvalue weighted by Gasteiger charge is -2.24. The summed E-state index contributed by atoms with van der Waals surface area (Å²) in [5, 5.41) is 4.08. The van der Waals surface area contributed by atoms with Crippen LogP contribution in [0, 0.1) is 6.92 Å². The zero-order valence-corrected chi connectivity index (χ0v) is 18.5. The lowest BCUT2D eigenvalue weighted by atomic mass is 10.0. The van der Waals surface area contributed by atoms with Crippen molar-refractivity contribution in [1.82, 2.24) is 9.88 Å². The first kappa shape index (κ1) is 20.4. The number of rotatable bonds is 5. The number of nitrogens with zero attached hydrogens (tertiary/aromatic N) is 3. The van der Waals surface area contributed by atoms with Gasteiger partial charge in [0.15, 0.2) is 0 Å². The number of hydrogen-bond donors (Lipinski definition) is 1. The van der Waals surface area contributed by atoms with Crippen LogP contribution in [0.3, 0.4) is 0 Å². The minimum atomic E-state index is -0.0273. The summed E-state index contributed by atoms with van der Waals surface area (Å²) in [5.74, 6) is -0.0273. The van der Waals surface area contributed by atoms with E-state index in [1.165, 1.54) is 16.8 Å². The van der Waals surface area contributed by atoms with E-state index in [1.807, 2.05) is 37.2 Å². The van der Waals surface area contributed by atoms with Gasteiger partial charge in [-0.1, -0.05) is 12.1 Å². The fourth-order valence-electron chi connectivity index (χ4n) is 4.24. The third-order valence-corrected chi connectivity index (χ3v) is 5.69. The van der Waals surface area contributed by atoms with Crippen molar-refractivity contribution in [3.63, 3.8) is 0 Å². The summed E-state index contributed by atoms with van der Waals surface area (Å²) in [6, 6.07) is 15.3. The van der Waals surface area contributed by atoms with E-state index in [-0.39, 0.29) is 5.91 Å². The first-order valence-corrected chi connectivity index (χ1v) is 10.6. The quantitative estimate of drug-likeness (QED) is 0.684. The largest absolute Gasteiger partial charge is 0.369 e. The molecule has 30 heavy (non-hydrogen) atoms. The summed E-state index contributed by atoms with van der Waals surface area (Å²) in [7, 11) is 3.77. The van der Waals surface area contributed by atoms with Crippen LogP contribution in [0.25, 0.3) is 22.2 Å². The number of carbonyl (C=O) groups is 1. The monoisotopic (exact) mass is 402 g/mol. The molecule has 5 nitrogen and oxygen atoms in total. The predicted molar refractivity (Wildman–Crippen MR) is 125 cm³/mol. The van der Waals surface area contributed by atoms with Gasteiger partial charge in [0.2, 0.25) is 5.91 Å². The van der Waals surface area contributed by atoms with Gasteiger partial charge in [0.1, 0.15) is 0 Å². The number of likely N-dealkylation sites (N-methyl/N-ethyl adjacent to an activating group) is 1. The minimum absolute atomic E-state index is 0.0273. The van der Waals surface area contributed by atoms with Crippen LogP contribution in [0.2, 0.25) is 0 Å². The van der Waals surface area contributed by atoms with Crippen LogP contribution < -0.4 is 10.2 Å². The molecule has 1 N–H and O–H groups in total. The van der Waals surface area contributed by atoms with Crippen LogP contribution in [-0.2, 0) is 11.2 Å². The Morgan fingerprint density at radius 1 is 1.17 bits per heavy atom. The molecule has 0 spiro atoms. The van der Waals surface area contributed by atoms with Crippen molar-refractivity contribution >= 4 is 28.2 Å². The summed E-state index contributed by atoms with van der Waals surface area (Å²) in [6.45, 7) is 8.04. The van der Waals surface area contributed by atoms with E-state index in [0.29, 0.717) is 12.6 Å². The number of anilines is 2. The first-order valence-electron chi connectivity index (χ1n) is 10.6. The SMILES string of the molecule is Cc1cc(-c2ccc3c(c2)CCN3C(C)C)nc2cc(NC(=O)CN(C)C)ccc12. The van der Waals surface area contributed by atoms with Crippen molar-refractivity contribution < 1.29 is 4.79 Å². The van der Waals surface area contributed by atoms with Crippen LogP contribution in [0.4, 0.5) is 11.4 Å². The molecule has 0 atom stereocenters. The third kappa shape index (κ3) is 4.03. The van der Waals surface area contributed by atoms with E-state index < -0.39 is 0 Å². The van der Waals surface area contributed by atoms with Gasteiger partial charge < -0.3 is 15.1 Å². The molecule has 0 radical (unpaired) electrons. The molecule has 0 aliphatic carbocycles. The van der Waals surface area contributed by atoms with Gasteiger partial charge in [0, 0.05) is 34.9 Å². The van der Waals surface area contributed by atoms with E-state index in [9.17, 15) is 4.79 Å². The van der Waals surface area contributed by atoms with Crippen LogP contribution in [0.1, 0.15) is 25.0 Å². The molecule has 1 amide bonds. The molecule has 0 saturated heterocycles. The average molecular weight is 403 g/mol. The summed E-state index contributed by atoms with van der Waals surface area (Å²) in [4.78, 5) is 21.4. The maximum absolute atomic E-state index is 12.1. The topological polar surface area (TPSA) is 48.5 Å². The molecule has 1 aliphatic heterocycles. The summed E-state index contributed by atoms with van der Waals surface area (Å²) >= 11 is 0. The Balaban J connectivity index is 1.68. The molecular weight excluding hydrogens is 372 g/mol. The van der Waals surface area contributed by atoms with Crippen molar-refractivity contribution in [3.05, 3.63) is 53.6 Å². The number of pyridine rings is 1. The second-order valence-corrected chi connectivity index (χ2v) is 8.72. The van der Waals surface area contributed by atoms with Gasteiger partial charge >= 0.3 is 0 Å². The second-order valence-electron chi connectivity index (χ2n) is 8.72. The van der Waals surface area contributed by atoms with Crippen molar-refractivity contribution in [2.24, 2.45) is 0 Å². The lowest BCUT2D eigenvalue weighted by Crippen LogP contribution is -2.28. The zero-order valence-electron chi connectivity index (χ0n) is 18.5. The number of benzene rings is 2. The van der Waals surface area contributed by atoms with Gasteiger partial charge in [0.05, 0.1) is 17.8 Å². The van der Waals surface area contributed by atoms with Crippen LogP contribution in [-0.4, -0.2) is 49.0 Å². The minimum Gasteiger partial charge on any atom is -0.369 e. The van der Waals surface area contributed by atoms with E-state index in [4.69, 9.17) is 4.98 Å². The number of aryl methyl sites for hydroxylation is 1. The molecule has 4 rings (SSSR count). The Morgan fingerprint density at radius 2 is 1.97 bits per heavy atom. The summed E-state index contributed by atoms with van der Waals surface area (Å²) in [5.41, 5.74) is 7.72. The Morgan fingerprint density at radius 3 is 2.70 bits per heavy atom. The highest BCUT2D eigenvalue weighted by atomic mass is 16.2. The molecule has 3 aromatic rings. The third-order valence-electron chi connectivity index (χ3n) is 5.69. The van der Waals surface area contributed by atoms with Gasteiger partial charge in [-0.05, 0) is 82.7 Å². The van der Waals surface area contributed by atoms with Crippen LogP contribution in [0.5, 0.6) is 0 Å². The standard InChI is InChI=1S/C25H30N4O/c1-16(2)29-11-10-19-13-18(6-9-24(19)29)22-12-17(3)21-8-7-20(14-23(21)27-22)26-25(30)15-28(4)5/h6-9,12-14,16H,10-11,15H2,1-5H3,(H,26,30). The molecule has 1 aromatic heterocycles. The number of nitrogens with one attached hydrogen (secondary N) is 1. The smallest absolute Gasteiger partial charge is 0.238 e. The number of amides is 1. The van der Waals surface area contributed by atoms with Gasteiger partial charge in [-0.3, -0.25) is 4.79 Å². The summed E-state index contributed by atoms with van der Waals surface area (Å²) < 4.78 is 0. The van der Waals surface area contributed by atoms with Crippen LogP contribution in [0.15, 0.2) is 42.5 Å². The van der Waals surface area contributed by atoms with E-state index in [2.05, 4.69) is 55.3 Å². The molecule has 0 saturated carbocycles. The number of hydrogen-bond acceptors (Lipinski definition) is 4. The molecule has 1 aliphatic rings. The Labute approximate surface area is 178 Å². The lowest BCUT2D eigenvalue weighted by molar-refractivity contribution is -0.116. The average Bonchev–Trinajstić information content (AvgIpc) is 3.10. The fourth-order valence-corrected chi connectivity index (χ4v) is 4.24. The normalized spacial score (nSPS) is 13.4. The summed E-state index contributed by atoms with van der Waals surface area (Å²) in [6.07, 6.45) is 1.08. The maximum Gasteiger partial charge on any atom is 0.238 e. The van der Waals surface area contributed by atoms with Gasteiger partial charge in [-0.2, -0.15) is 0 Å². The fraction of sp³-hybridized carbons (Fsp3) is 0.360. The zero-order chi connectivity index (χ0) is 21.4. The highest BCUT2D eigenvalue weighted by molar-refractivity contribution is 5.95. The van der Waals surface area contributed by atoms with Crippen molar-refractivity contribution in [2.45, 2.75) is 33.2 Å². The molecule has 0 unspecified atom stereocenters. The van der Waals surface area contributed by atoms with E-state index in [1.54, 1.807) is 0 Å². The van der Waals surface area contributed by atoms with E-state index in [0.717, 1.165) is 40.8 Å². The number of aromatic nitrogens is 1. The number of carbonyl (C=O) groups excluding carboxylic acids is 1. The van der Waals surface area contributed by atoms with Gasteiger partial charge in [-0.15, -0.1) is 0 Å². The molecule has 2 aromatic carbocycles. The Bertz CT molecular complexity index is 1100. The molecule has 2 heterocycles. The molecular formula is C25H30N4O. The molecule has 0 bridgehead atoms. The van der Waals surface area contributed by atoms with E-state index >= 15 is 0 Å². The molecule has 0 fully saturated rings. The van der Waals surface area contributed by atoms with Gasteiger partial charge in [-0.25, -0.2) is 4.98 Å².